The number of aliphatic hydroxyl groups excluding tert-OH is 1. The number of nitrogens with zero attached hydrogens (tertiary/aromatic N) is 2. The number of benzene rings is 2. The van der Waals surface area contributed by atoms with E-state index in [-0.39, 0.29) is 12.5 Å². The first-order valence-electron chi connectivity index (χ1n) is 7.57. The van der Waals surface area contributed by atoms with E-state index in [0.29, 0.717) is 5.56 Å². The van der Waals surface area contributed by atoms with Crippen molar-refractivity contribution in [3.8, 4) is 6.07 Å². The summed E-state index contributed by atoms with van der Waals surface area (Å²) in [5, 5.41) is 18.3. The average Bonchev–Trinajstić information content (AvgIpc) is 2.55. The summed E-state index contributed by atoms with van der Waals surface area (Å²) >= 11 is 0. The van der Waals surface area contributed by atoms with E-state index >= 15 is 0 Å². The number of hydrogen-bond donors (Lipinski definition) is 1. The summed E-state index contributed by atoms with van der Waals surface area (Å²) in [6.07, 6.45) is 0. The molecule has 0 aliphatic heterocycles. The maximum absolute atomic E-state index is 9.33. The third-order valence-corrected chi connectivity index (χ3v) is 3.59. The van der Waals surface area contributed by atoms with Crippen LogP contribution in [0.4, 0.5) is 0 Å². The van der Waals surface area contributed by atoms with E-state index < -0.39 is 0 Å². The Morgan fingerprint density at radius 1 is 1.05 bits per heavy atom. The van der Waals surface area contributed by atoms with Crippen molar-refractivity contribution in [2.24, 2.45) is 5.92 Å². The predicted octanol–water partition coefficient (Wildman–Crippen LogP) is 3.19. The summed E-state index contributed by atoms with van der Waals surface area (Å²) in [4.78, 5) is 2.31. The second-order valence-corrected chi connectivity index (χ2v) is 5.76. The molecule has 0 bridgehead atoms. The Labute approximate surface area is 132 Å². The molecule has 2 rings (SSSR count). The molecule has 0 heterocycles. The van der Waals surface area contributed by atoms with Gasteiger partial charge < -0.3 is 5.11 Å². The number of rotatable bonds is 7. The molecule has 1 N–H and O–H groups in total. The highest BCUT2D eigenvalue weighted by atomic mass is 16.3. The molecule has 0 aromatic heterocycles. The Morgan fingerprint density at radius 3 is 2.41 bits per heavy atom. The highest BCUT2D eigenvalue weighted by molar-refractivity contribution is 5.32. The molecule has 2 aromatic carbocycles. The second kappa shape index (κ2) is 8.33. The van der Waals surface area contributed by atoms with Gasteiger partial charge in [-0.3, -0.25) is 4.90 Å². The van der Waals surface area contributed by atoms with E-state index in [4.69, 9.17) is 5.26 Å². The maximum Gasteiger partial charge on any atom is 0.0991 e. The molecule has 0 fully saturated rings. The van der Waals surface area contributed by atoms with Crippen LogP contribution in [0.15, 0.2) is 54.6 Å². The zero-order valence-corrected chi connectivity index (χ0v) is 12.9. The third-order valence-electron chi connectivity index (χ3n) is 3.59. The van der Waals surface area contributed by atoms with Crippen LogP contribution < -0.4 is 0 Å². The Bertz CT molecular complexity index is 619. The lowest BCUT2D eigenvalue weighted by molar-refractivity contribution is 0.163. The molecule has 0 unspecified atom stereocenters. The minimum Gasteiger partial charge on any atom is -0.396 e. The van der Waals surface area contributed by atoms with E-state index in [1.165, 1.54) is 5.56 Å². The molecule has 3 heteroatoms. The predicted molar refractivity (Wildman–Crippen MR) is 88.0 cm³/mol. The highest BCUT2D eigenvalue weighted by Gasteiger charge is 2.11. The van der Waals surface area contributed by atoms with Gasteiger partial charge in [0.05, 0.1) is 11.6 Å². The minimum atomic E-state index is 0.184. The fraction of sp³-hybridized carbons (Fsp3) is 0.316. The monoisotopic (exact) mass is 294 g/mol. The summed E-state index contributed by atoms with van der Waals surface area (Å²) in [6.45, 7) is 4.66. The molecule has 0 radical (unpaired) electrons. The molecule has 114 valence electrons. The number of hydrogen-bond acceptors (Lipinski definition) is 3. The lowest BCUT2D eigenvalue weighted by atomic mass is 10.1. The second-order valence-electron chi connectivity index (χ2n) is 5.76. The Hall–Kier alpha value is -2.15. The van der Waals surface area contributed by atoms with Gasteiger partial charge in [0.25, 0.3) is 0 Å². The van der Waals surface area contributed by atoms with Crippen molar-refractivity contribution in [1.29, 1.82) is 5.26 Å². The molecule has 0 aliphatic rings. The van der Waals surface area contributed by atoms with E-state index in [1.807, 2.05) is 49.4 Å². The molecular formula is C19H22N2O. The topological polar surface area (TPSA) is 47.3 Å². The molecule has 0 saturated heterocycles. The molecule has 1 atom stereocenters. The largest absolute Gasteiger partial charge is 0.396 e. The van der Waals surface area contributed by atoms with Crippen LogP contribution in [0.25, 0.3) is 0 Å². The van der Waals surface area contributed by atoms with Gasteiger partial charge in [-0.2, -0.15) is 5.26 Å². The minimum absolute atomic E-state index is 0.184. The van der Waals surface area contributed by atoms with Crippen molar-refractivity contribution >= 4 is 0 Å². The highest BCUT2D eigenvalue weighted by Crippen LogP contribution is 2.13. The average molecular weight is 294 g/mol. The van der Waals surface area contributed by atoms with Crippen molar-refractivity contribution in [2.45, 2.75) is 20.0 Å². The van der Waals surface area contributed by atoms with Gasteiger partial charge in [0, 0.05) is 26.2 Å². The quantitative estimate of drug-likeness (QED) is 0.853. The number of nitriles is 1. The summed E-state index contributed by atoms with van der Waals surface area (Å²) in [7, 11) is 0. The third kappa shape index (κ3) is 5.00. The molecular weight excluding hydrogens is 272 g/mol. The Kier molecular flexibility index (Phi) is 6.14. The fourth-order valence-electron chi connectivity index (χ4n) is 2.52. The van der Waals surface area contributed by atoms with Gasteiger partial charge in [-0.15, -0.1) is 0 Å². The van der Waals surface area contributed by atoms with Gasteiger partial charge in [0.1, 0.15) is 0 Å². The van der Waals surface area contributed by atoms with Gasteiger partial charge in [-0.25, -0.2) is 0 Å². The molecule has 22 heavy (non-hydrogen) atoms. The Balaban J connectivity index is 2.11. The summed E-state index contributed by atoms with van der Waals surface area (Å²) < 4.78 is 0. The van der Waals surface area contributed by atoms with Gasteiger partial charge in [-0.1, -0.05) is 49.4 Å². The van der Waals surface area contributed by atoms with Gasteiger partial charge >= 0.3 is 0 Å². The van der Waals surface area contributed by atoms with Crippen LogP contribution in [-0.4, -0.2) is 23.2 Å². The molecule has 0 amide bonds. The Morgan fingerprint density at radius 2 is 1.73 bits per heavy atom. The first-order valence-corrected chi connectivity index (χ1v) is 7.57. The molecule has 3 nitrogen and oxygen atoms in total. The zero-order valence-electron chi connectivity index (χ0n) is 12.9. The van der Waals surface area contributed by atoms with Crippen molar-refractivity contribution < 1.29 is 5.11 Å². The maximum atomic E-state index is 9.33. The van der Waals surface area contributed by atoms with Crippen LogP contribution in [0.3, 0.4) is 0 Å². The normalized spacial score (nSPS) is 12.1. The van der Waals surface area contributed by atoms with E-state index in [9.17, 15) is 5.11 Å². The standard InChI is InChI=1S/C19H22N2O/c1-16(15-22)12-21(13-17-6-3-2-4-7-17)14-19-9-5-8-18(10-19)11-20/h2-10,16,22H,12-15H2,1H3/t16-/m1/s1. The fourth-order valence-corrected chi connectivity index (χ4v) is 2.52. The molecule has 2 aromatic rings. The summed E-state index contributed by atoms with van der Waals surface area (Å²) in [5.74, 6) is 0.225. The van der Waals surface area contributed by atoms with Gasteiger partial charge in [0.15, 0.2) is 0 Å². The van der Waals surface area contributed by atoms with Gasteiger partial charge in [0.2, 0.25) is 0 Å². The lowest BCUT2D eigenvalue weighted by Gasteiger charge is -2.25. The SMILES string of the molecule is C[C@@H](CO)CN(Cc1ccccc1)Cc1cccc(C#N)c1. The van der Waals surface area contributed by atoms with Crippen molar-refractivity contribution in [2.75, 3.05) is 13.2 Å². The van der Waals surface area contributed by atoms with Crippen LogP contribution in [0.1, 0.15) is 23.6 Å². The summed E-state index contributed by atoms with van der Waals surface area (Å²) in [6, 6.07) is 20.2. The number of aliphatic hydroxyl groups is 1. The van der Waals surface area contributed by atoms with Crippen LogP contribution in [0.2, 0.25) is 0 Å². The molecule has 0 spiro atoms. The van der Waals surface area contributed by atoms with E-state index in [1.54, 1.807) is 0 Å². The smallest absolute Gasteiger partial charge is 0.0991 e. The van der Waals surface area contributed by atoms with Crippen LogP contribution >= 0.6 is 0 Å². The first kappa shape index (κ1) is 16.2. The van der Waals surface area contributed by atoms with Gasteiger partial charge in [-0.05, 0) is 29.2 Å². The first-order chi connectivity index (χ1) is 10.7. The molecule has 0 aliphatic carbocycles. The molecule has 0 saturated carbocycles. The van der Waals surface area contributed by atoms with Crippen LogP contribution in [0.5, 0.6) is 0 Å². The van der Waals surface area contributed by atoms with Crippen molar-refractivity contribution in [3.05, 3.63) is 71.3 Å². The summed E-state index contributed by atoms with van der Waals surface area (Å²) in [5.41, 5.74) is 3.07. The van der Waals surface area contributed by atoms with Crippen LogP contribution in [-0.2, 0) is 13.1 Å². The van der Waals surface area contributed by atoms with Crippen LogP contribution in [0, 0.1) is 17.2 Å². The van der Waals surface area contributed by atoms with Crippen molar-refractivity contribution in [1.82, 2.24) is 4.90 Å². The van der Waals surface area contributed by atoms with E-state index in [2.05, 4.69) is 23.1 Å². The lowest BCUT2D eigenvalue weighted by Crippen LogP contribution is -2.29. The van der Waals surface area contributed by atoms with Crippen molar-refractivity contribution in [3.63, 3.8) is 0 Å². The zero-order chi connectivity index (χ0) is 15.8. The van der Waals surface area contributed by atoms with E-state index in [0.717, 1.165) is 25.2 Å².